The average molecular weight is 259 g/mol. The second kappa shape index (κ2) is 6.67. The van der Waals surface area contributed by atoms with Gasteiger partial charge in [-0.3, -0.25) is 0 Å². The number of aliphatic carboxylic acids is 1. The Morgan fingerprint density at radius 2 is 2.44 bits per heavy atom. The SMILES string of the molecule is COCc1nc(CSC)sc1/C=C/C(=O)O. The molecule has 0 bridgehead atoms. The molecule has 1 aromatic heterocycles. The normalized spacial score (nSPS) is 11.1. The van der Waals surface area contributed by atoms with Crippen molar-refractivity contribution < 1.29 is 14.6 Å². The fourth-order valence-corrected chi connectivity index (χ4v) is 2.79. The second-order valence-electron chi connectivity index (χ2n) is 2.96. The third-order valence-corrected chi connectivity index (χ3v) is 3.51. The van der Waals surface area contributed by atoms with Crippen LogP contribution < -0.4 is 0 Å². The number of hydrogen-bond acceptors (Lipinski definition) is 5. The molecule has 0 aliphatic heterocycles. The van der Waals surface area contributed by atoms with Gasteiger partial charge in [-0.25, -0.2) is 9.78 Å². The third kappa shape index (κ3) is 3.96. The van der Waals surface area contributed by atoms with E-state index in [9.17, 15) is 4.79 Å². The number of thiazole rings is 1. The molecule has 0 aliphatic carbocycles. The largest absolute Gasteiger partial charge is 0.478 e. The van der Waals surface area contributed by atoms with Crippen molar-refractivity contribution >= 4 is 35.1 Å². The number of carboxylic acids is 1. The lowest BCUT2D eigenvalue weighted by Crippen LogP contribution is -1.91. The first kappa shape index (κ1) is 13.2. The lowest BCUT2D eigenvalue weighted by molar-refractivity contribution is -0.131. The Balaban J connectivity index is 2.90. The molecule has 0 saturated heterocycles. The van der Waals surface area contributed by atoms with Gasteiger partial charge in [0.25, 0.3) is 0 Å². The van der Waals surface area contributed by atoms with E-state index in [1.54, 1.807) is 24.9 Å². The molecule has 0 spiro atoms. The zero-order chi connectivity index (χ0) is 12.0. The van der Waals surface area contributed by atoms with Crippen LogP contribution in [0.2, 0.25) is 0 Å². The van der Waals surface area contributed by atoms with Gasteiger partial charge in [-0.15, -0.1) is 11.3 Å². The van der Waals surface area contributed by atoms with Gasteiger partial charge < -0.3 is 9.84 Å². The average Bonchev–Trinajstić information content (AvgIpc) is 2.59. The van der Waals surface area contributed by atoms with Crippen LogP contribution in [-0.4, -0.2) is 29.4 Å². The van der Waals surface area contributed by atoms with Crippen LogP contribution >= 0.6 is 23.1 Å². The van der Waals surface area contributed by atoms with Gasteiger partial charge in [0.05, 0.1) is 17.2 Å². The van der Waals surface area contributed by atoms with Crippen molar-refractivity contribution in [3.05, 3.63) is 21.7 Å². The maximum Gasteiger partial charge on any atom is 0.328 e. The zero-order valence-electron chi connectivity index (χ0n) is 9.10. The molecule has 88 valence electrons. The molecule has 6 heteroatoms. The Morgan fingerprint density at radius 3 is 3.00 bits per heavy atom. The van der Waals surface area contributed by atoms with Gasteiger partial charge in [-0.1, -0.05) is 0 Å². The number of methoxy groups -OCH3 is 1. The summed E-state index contributed by atoms with van der Waals surface area (Å²) in [4.78, 5) is 15.7. The molecule has 0 amide bonds. The highest BCUT2D eigenvalue weighted by Gasteiger charge is 2.08. The molecular formula is C10H13NO3S2. The molecule has 0 unspecified atom stereocenters. The molecule has 16 heavy (non-hydrogen) atoms. The predicted octanol–water partition coefficient (Wildman–Crippen LogP) is 2.25. The van der Waals surface area contributed by atoms with Gasteiger partial charge >= 0.3 is 5.97 Å². The number of thioether (sulfide) groups is 1. The van der Waals surface area contributed by atoms with Crippen LogP contribution in [0.1, 0.15) is 15.6 Å². The quantitative estimate of drug-likeness (QED) is 0.794. The van der Waals surface area contributed by atoms with E-state index < -0.39 is 5.97 Å². The van der Waals surface area contributed by atoms with Crippen molar-refractivity contribution in [1.82, 2.24) is 4.98 Å². The summed E-state index contributed by atoms with van der Waals surface area (Å²) in [6, 6.07) is 0. The van der Waals surface area contributed by atoms with E-state index in [4.69, 9.17) is 9.84 Å². The standard InChI is InChI=1S/C10H13NO3S2/c1-14-5-7-8(3-4-10(12)13)16-9(11-7)6-15-2/h3-4H,5-6H2,1-2H3,(H,12,13)/b4-3+. The molecule has 0 fully saturated rings. The summed E-state index contributed by atoms with van der Waals surface area (Å²) < 4.78 is 5.02. The first-order valence-corrected chi connectivity index (χ1v) is 6.76. The number of ether oxygens (including phenoxy) is 1. The highest BCUT2D eigenvalue weighted by Crippen LogP contribution is 2.23. The van der Waals surface area contributed by atoms with Gasteiger partial charge in [-0.2, -0.15) is 11.8 Å². The first-order chi connectivity index (χ1) is 7.67. The van der Waals surface area contributed by atoms with E-state index in [0.717, 1.165) is 27.4 Å². The van der Waals surface area contributed by atoms with Crippen LogP contribution in [0, 0.1) is 0 Å². The molecule has 0 saturated carbocycles. The summed E-state index contributed by atoms with van der Waals surface area (Å²) in [6.07, 6.45) is 4.69. The fraction of sp³-hybridized carbons (Fsp3) is 0.400. The van der Waals surface area contributed by atoms with Crippen molar-refractivity contribution in [3.8, 4) is 0 Å². The minimum absolute atomic E-state index is 0.407. The van der Waals surface area contributed by atoms with Crippen LogP contribution in [0.25, 0.3) is 6.08 Å². The number of hydrogen-bond donors (Lipinski definition) is 1. The highest BCUT2D eigenvalue weighted by atomic mass is 32.2. The number of carboxylic acid groups (broad SMARTS) is 1. The number of aromatic nitrogens is 1. The minimum Gasteiger partial charge on any atom is -0.478 e. The molecule has 0 radical (unpaired) electrons. The van der Waals surface area contributed by atoms with Crippen LogP contribution in [0.15, 0.2) is 6.08 Å². The lowest BCUT2D eigenvalue weighted by Gasteiger charge is -1.94. The first-order valence-electron chi connectivity index (χ1n) is 4.54. The molecular weight excluding hydrogens is 246 g/mol. The fourth-order valence-electron chi connectivity index (χ4n) is 1.12. The van der Waals surface area contributed by atoms with Crippen LogP contribution in [-0.2, 0) is 21.9 Å². The summed E-state index contributed by atoms with van der Waals surface area (Å²) in [7, 11) is 1.60. The monoisotopic (exact) mass is 259 g/mol. The van der Waals surface area contributed by atoms with E-state index in [2.05, 4.69) is 4.98 Å². The second-order valence-corrected chi connectivity index (χ2v) is 4.94. The predicted molar refractivity (Wildman–Crippen MR) is 66.7 cm³/mol. The number of nitrogens with zero attached hydrogens (tertiary/aromatic N) is 1. The summed E-state index contributed by atoms with van der Waals surface area (Å²) >= 11 is 3.19. The Kier molecular flexibility index (Phi) is 5.51. The Hall–Kier alpha value is -0.850. The van der Waals surface area contributed by atoms with Gasteiger partial charge in [0.1, 0.15) is 5.01 Å². The third-order valence-electron chi connectivity index (χ3n) is 1.70. The number of carbonyl (C=O) groups is 1. The van der Waals surface area contributed by atoms with Crippen molar-refractivity contribution in [2.75, 3.05) is 13.4 Å². The highest BCUT2D eigenvalue weighted by molar-refractivity contribution is 7.97. The van der Waals surface area contributed by atoms with E-state index in [1.807, 2.05) is 6.26 Å². The van der Waals surface area contributed by atoms with Crippen LogP contribution in [0.5, 0.6) is 0 Å². The molecule has 0 atom stereocenters. The summed E-state index contributed by atoms with van der Waals surface area (Å²) in [6.45, 7) is 0.407. The molecule has 0 aromatic carbocycles. The Labute approximate surface area is 102 Å². The Morgan fingerprint density at radius 1 is 1.69 bits per heavy atom. The van der Waals surface area contributed by atoms with Crippen LogP contribution in [0.4, 0.5) is 0 Å². The van der Waals surface area contributed by atoms with Crippen molar-refractivity contribution in [1.29, 1.82) is 0 Å². The van der Waals surface area contributed by atoms with Gasteiger partial charge in [0, 0.05) is 18.9 Å². The smallest absolute Gasteiger partial charge is 0.328 e. The van der Waals surface area contributed by atoms with Gasteiger partial charge in [0.2, 0.25) is 0 Å². The van der Waals surface area contributed by atoms with Crippen molar-refractivity contribution in [3.63, 3.8) is 0 Å². The van der Waals surface area contributed by atoms with E-state index in [1.165, 1.54) is 11.3 Å². The number of rotatable bonds is 6. The molecule has 4 nitrogen and oxygen atoms in total. The molecule has 0 aliphatic rings. The van der Waals surface area contributed by atoms with Gasteiger partial charge in [0.15, 0.2) is 0 Å². The topological polar surface area (TPSA) is 59.4 Å². The summed E-state index contributed by atoms with van der Waals surface area (Å²) in [5, 5.41) is 9.56. The summed E-state index contributed by atoms with van der Waals surface area (Å²) in [5.74, 6) is -0.120. The lowest BCUT2D eigenvalue weighted by atomic mass is 10.3. The minimum atomic E-state index is -0.955. The summed E-state index contributed by atoms with van der Waals surface area (Å²) in [5.41, 5.74) is 0.800. The van der Waals surface area contributed by atoms with Crippen LogP contribution in [0.3, 0.4) is 0 Å². The van der Waals surface area contributed by atoms with E-state index in [-0.39, 0.29) is 0 Å². The molecule has 1 aromatic rings. The van der Waals surface area contributed by atoms with Gasteiger partial charge in [-0.05, 0) is 12.3 Å². The van der Waals surface area contributed by atoms with Crippen molar-refractivity contribution in [2.45, 2.75) is 12.4 Å². The van der Waals surface area contributed by atoms with E-state index in [0.29, 0.717) is 6.61 Å². The van der Waals surface area contributed by atoms with Crippen molar-refractivity contribution in [2.24, 2.45) is 0 Å². The maximum atomic E-state index is 10.4. The maximum absolute atomic E-state index is 10.4. The molecule has 1 heterocycles. The Bertz CT molecular complexity index is 387. The molecule has 1 N–H and O–H groups in total. The zero-order valence-corrected chi connectivity index (χ0v) is 10.7. The van der Waals surface area contributed by atoms with E-state index >= 15 is 0 Å². The molecule has 1 rings (SSSR count).